The fraction of sp³-hybridized carbons (Fsp3) is 0.125. The summed E-state index contributed by atoms with van der Waals surface area (Å²) < 4.78 is 12.6. The number of nitrogens with zero attached hydrogens (tertiary/aromatic N) is 1. The summed E-state index contributed by atoms with van der Waals surface area (Å²) in [5.41, 5.74) is 1.04. The maximum absolute atomic E-state index is 12.6. The van der Waals surface area contributed by atoms with Crippen molar-refractivity contribution in [3.05, 3.63) is 36.6 Å². The first-order chi connectivity index (χ1) is 5.65. The molecule has 1 aliphatic heterocycles. The summed E-state index contributed by atoms with van der Waals surface area (Å²) in [7, 11) is 0. The molecule has 0 aromatic rings. The molecule has 0 radical (unpaired) electrons. The fourth-order valence-corrected chi connectivity index (χ4v) is 0.882. The molecule has 2 amide bonds. The number of halogens is 1. The van der Waals surface area contributed by atoms with Crippen LogP contribution in [0.2, 0.25) is 0 Å². The Morgan fingerprint density at radius 3 is 2.92 bits per heavy atom. The van der Waals surface area contributed by atoms with E-state index in [1.165, 1.54) is 6.08 Å². The van der Waals surface area contributed by atoms with Crippen LogP contribution >= 0.6 is 0 Å². The van der Waals surface area contributed by atoms with E-state index in [0.29, 0.717) is 11.3 Å². The standard InChI is InChI=1S/C8H9FN2O/c1-3-4-7-5-11(9)8(12)10-6(7)2/h3-4H,1-2,5H2,(H,10,12)/b7-4-. The van der Waals surface area contributed by atoms with Crippen LogP contribution in [-0.4, -0.2) is 17.7 Å². The number of allylic oxidation sites excluding steroid dienone is 2. The highest BCUT2D eigenvalue weighted by atomic mass is 19.2. The second-order valence-corrected chi connectivity index (χ2v) is 2.36. The molecule has 0 aliphatic carbocycles. The number of nitrogens with one attached hydrogen (secondary N) is 1. The van der Waals surface area contributed by atoms with E-state index in [1.54, 1.807) is 6.08 Å². The first-order valence-corrected chi connectivity index (χ1v) is 3.40. The third-order valence-corrected chi connectivity index (χ3v) is 1.49. The van der Waals surface area contributed by atoms with E-state index in [1.807, 2.05) is 0 Å². The molecule has 1 saturated heterocycles. The highest BCUT2D eigenvalue weighted by Gasteiger charge is 2.22. The van der Waals surface area contributed by atoms with E-state index in [9.17, 15) is 9.28 Å². The van der Waals surface area contributed by atoms with Crippen LogP contribution in [0.25, 0.3) is 0 Å². The van der Waals surface area contributed by atoms with E-state index in [0.717, 1.165) is 0 Å². The molecule has 12 heavy (non-hydrogen) atoms. The molecule has 4 heteroatoms. The smallest absolute Gasteiger partial charge is 0.306 e. The van der Waals surface area contributed by atoms with Crippen molar-refractivity contribution in [1.82, 2.24) is 10.4 Å². The van der Waals surface area contributed by atoms with Crippen LogP contribution in [-0.2, 0) is 0 Å². The van der Waals surface area contributed by atoms with Crippen molar-refractivity contribution in [1.29, 1.82) is 0 Å². The maximum Gasteiger partial charge on any atom is 0.350 e. The van der Waals surface area contributed by atoms with Crippen LogP contribution in [0.15, 0.2) is 36.6 Å². The minimum atomic E-state index is -0.777. The average Bonchev–Trinajstić information content (AvgIpc) is 2.01. The lowest BCUT2D eigenvalue weighted by Gasteiger charge is -2.22. The van der Waals surface area contributed by atoms with Gasteiger partial charge in [0.15, 0.2) is 0 Å². The Morgan fingerprint density at radius 1 is 1.67 bits per heavy atom. The number of urea groups is 1. The van der Waals surface area contributed by atoms with Gasteiger partial charge in [0.1, 0.15) is 0 Å². The first-order valence-electron chi connectivity index (χ1n) is 3.40. The summed E-state index contributed by atoms with van der Waals surface area (Å²) in [6.45, 7) is 6.95. The predicted molar refractivity (Wildman–Crippen MR) is 43.8 cm³/mol. The topological polar surface area (TPSA) is 32.3 Å². The van der Waals surface area contributed by atoms with Crippen molar-refractivity contribution in [2.24, 2.45) is 0 Å². The Hall–Kier alpha value is -1.58. The number of hydrogen-bond donors (Lipinski definition) is 1. The van der Waals surface area contributed by atoms with Crippen molar-refractivity contribution in [3.63, 3.8) is 0 Å². The first kappa shape index (κ1) is 8.52. The zero-order valence-electron chi connectivity index (χ0n) is 6.51. The number of carbonyl (C=O) groups is 1. The highest BCUT2D eigenvalue weighted by Crippen LogP contribution is 2.13. The van der Waals surface area contributed by atoms with Crippen LogP contribution in [0.1, 0.15) is 0 Å². The predicted octanol–water partition coefficient (Wildman–Crippen LogP) is 1.52. The average molecular weight is 168 g/mol. The fourth-order valence-electron chi connectivity index (χ4n) is 0.882. The van der Waals surface area contributed by atoms with Crippen LogP contribution in [0, 0.1) is 0 Å². The molecule has 1 aliphatic rings. The molecule has 0 bridgehead atoms. The van der Waals surface area contributed by atoms with Gasteiger partial charge in [0.05, 0.1) is 6.54 Å². The minimum Gasteiger partial charge on any atom is -0.306 e. The quantitative estimate of drug-likeness (QED) is 0.591. The molecular weight excluding hydrogens is 159 g/mol. The Labute approximate surface area is 69.8 Å². The monoisotopic (exact) mass is 168 g/mol. The number of amides is 2. The summed E-state index contributed by atoms with van der Waals surface area (Å²) in [4.78, 5) is 10.7. The molecule has 0 saturated carbocycles. The summed E-state index contributed by atoms with van der Waals surface area (Å²) in [5, 5.41) is 2.35. The van der Waals surface area contributed by atoms with Crippen molar-refractivity contribution < 1.29 is 9.28 Å². The molecular formula is C8H9FN2O. The molecule has 0 aromatic carbocycles. The molecule has 1 fully saturated rings. The van der Waals surface area contributed by atoms with E-state index in [-0.39, 0.29) is 11.7 Å². The summed E-state index contributed by atoms with van der Waals surface area (Å²) in [6.07, 6.45) is 3.13. The Bertz CT molecular complexity index is 270. The zero-order chi connectivity index (χ0) is 9.14. The number of hydrogen-bond acceptors (Lipinski definition) is 1. The Morgan fingerprint density at radius 2 is 2.33 bits per heavy atom. The van der Waals surface area contributed by atoms with Crippen LogP contribution in [0.3, 0.4) is 0 Å². The molecule has 1 rings (SSSR count). The van der Waals surface area contributed by atoms with Crippen LogP contribution < -0.4 is 5.32 Å². The summed E-state index contributed by atoms with van der Waals surface area (Å²) in [5.74, 6) is 0. The van der Waals surface area contributed by atoms with Gasteiger partial charge in [-0.3, -0.25) is 0 Å². The van der Waals surface area contributed by atoms with Crippen molar-refractivity contribution in [2.75, 3.05) is 6.54 Å². The molecule has 3 nitrogen and oxygen atoms in total. The van der Waals surface area contributed by atoms with Crippen molar-refractivity contribution >= 4 is 6.03 Å². The summed E-state index contributed by atoms with van der Waals surface area (Å²) in [6, 6.07) is -0.777. The van der Waals surface area contributed by atoms with Gasteiger partial charge < -0.3 is 5.32 Å². The minimum absolute atomic E-state index is 0.0727. The molecule has 0 atom stereocenters. The molecule has 0 unspecified atom stereocenters. The van der Waals surface area contributed by atoms with E-state index in [4.69, 9.17) is 0 Å². The van der Waals surface area contributed by atoms with Crippen LogP contribution in [0.4, 0.5) is 9.28 Å². The SMILES string of the molecule is C=C/C=C1/CN(F)C(=O)NC1=C. The van der Waals surface area contributed by atoms with Gasteiger partial charge in [-0.1, -0.05) is 29.8 Å². The van der Waals surface area contributed by atoms with Gasteiger partial charge in [-0.15, -0.1) is 0 Å². The third kappa shape index (κ3) is 1.53. The van der Waals surface area contributed by atoms with Gasteiger partial charge >= 0.3 is 6.03 Å². The van der Waals surface area contributed by atoms with Crippen LogP contribution in [0.5, 0.6) is 0 Å². The van der Waals surface area contributed by atoms with E-state index >= 15 is 0 Å². The van der Waals surface area contributed by atoms with Crippen molar-refractivity contribution in [3.8, 4) is 0 Å². The zero-order valence-corrected chi connectivity index (χ0v) is 6.51. The van der Waals surface area contributed by atoms with Gasteiger partial charge in [0.2, 0.25) is 0 Å². The lowest BCUT2D eigenvalue weighted by molar-refractivity contribution is 0.0719. The Kier molecular flexibility index (Phi) is 2.28. The normalized spacial score (nSPS) is 21.1. The molecule has 64 valence electrons. The van der Waals surface area contributed by atoms with Gasteiger partial charge in [-0.05, 0) is 5.57 Å². The number of rotatable bonds is 1. The maximum atomic E-state index is 12.6. The molecule has 0 aromatic heterocycles. The number of carbonyl (C=O) groups excluding carboxylic acids is 1. The Balaban J connectivity index is 2.81. The second-order valence-electron chi connectivity index (χ2n) is 2.36. The van der Waals surface area contributed by atoms with E-state index < -0.39 is 6.03 Å². The highest BCUT2D eigenvalue weighted by molar-refractivity contribution is 5.78. The van der Waals surface area contributed by atoms with Crippen molar-refractivity contribution in [2.45, 2.75) is 0 Å². The largest absolute Gasteiger partial charge is 0.350 e. The molecule has 1 N–H and O–H groups in total. The lowest BCUT2D eigenvalue weighted by atomic mass is 10.1. The second kappa shape index (κ2) is 3.21. The summed E-state index contributed by atoms with van der Waals surface area (Å²) >= 11 is 0. The van der Waals surface area contributed by atoms with Gasteiger partial charge in [0, 0.05) is 5.70 Å². The third-order valence-electron chi connectivity index (χ3n) is 1.49. The van der Waals surface area contributed by atoms with E-state index in [2.05, 4.69) is 18.5 Å². The van der Waals surface area contributed by atoms with Gasteiger partial charge in [-0.25, -0.2) is 4.79 Å². The van der Waals surface area contributed by atoms with Gasteiger partial charge in [0.25, 0.3) is 0 Å². The van der Waals surface area contributed by atoms with Gasteiger partial charge in [-0.2, -0.15) is 5.12 Å². The lowest BCUT2D eigenvalue weighted by Crippen LogP contribution is -2.41. The molecule has 1 heterocycles. The molecule has 0 spiro atoms.